The number of ether oxygens (including phenoxy) is 3. The molecule has 3 aliphatic heterocycles. The highest BCUT2D eigenvalue weighted by Crippen LogP contribution is 2.56. The van der Waals surface area contributed by atoms with Crippen molar-refractivity contribution in [3.05, 3.63) is 106 Å². The molecule has 10 nitrogen and oxygen atoms in total. The van der Waals surface area contributed by atoms with E-state index >= 15 is 0 Å². The van der Waals surface area contributed by atoms with E-state index in [1.807, 2.05) is 42.5 Å². The molecule has 0 spiro atoms. The molecule has 4 atom stereocenters. The first-order chi connectivity index (χ1) is 20.8. The third-order valence-electron chi connectivity index (χ3n) is 8.91. The number of esters is 1. The van der Waals surface area contributed by atoms with Crippen molar-refractivity contribution < 1.29 is 33.5 Å². The lowest BCUT2D eigenvalue weighted by atomic mass is 9.64. The first kappa shape index (κ1) is 25.2. The number of nitrogens with zero attached hydrogens (tertiary/aromatic N) is 2. The molecule has 3 heterocycles. The molecule has 10 heteroatoms. The maximum Gasteiger partial charge on any atom is 0.319 e. The van der Waals surface area contributed by atoms with Crippen molar-refractivity contribution in [1.29, 1.82) is 0 Å². The molecule has 1 saturated heterocycles. The average Bonchev–Trinajstić information content (AvgIpc) is 3.58. The number of allylic oxidation sites excluding steroid dienone is 1. The van der Waals surface area contributed by atoms with Crippen LogP contribution in [0.1, 0.15) is 22.6 Å². The highest BCUT2D eigenvalue weighted by molar-refractivity contribution is 6.25. The lowest BCUT2D eigenvalue weighted by Gasteiger charge is -2.38. The standard InChI is InChI=1S/C33H22N2O8/c1-16-6-9-19(35(39)40)13-23(16)34-31(36)28-21(18-8-10-24-26(12-18)42-15-41-24)14-22-27-20-5-3-2-4-17(20)7-11-25(27)43-33(38)29(22)30(28)32(34)37/h2-14,21,28-30H,15H2,1H3/t21-,28-,29-,30+/m1/s1. The van der Waals surface area contributed by atoms with E-state index in [4.69, 9.17) is 14.2 Å². The van der Waals surface area contributed by atoms with Gasteiger partial charge in [0.25, 0.3) is 5.69 Å². The maximum atomic E-state index is 14.4. The van der Waals surface area contributed by atoms with Crippen LogP contribution in [0.5, 0.6) is 17.2 Å². The van der Waals surface area contributed by atoms with Crippen molar-refractivity contribution in [3.63, 3.8) is 0 Å². The Morgan fingerprint density at radius 3 is 2.47 bits per heavy atom. The number of carbonyl (C=O) groups is 3. The number of benzene rings is 4. The van der Waals surface area contributed by atoms with E-state index in [1.165, 1.54) is 18.2 Å². The minimum Gasteiger partial charge on any atom is -0.454 e. The predicted octanol–water partition coefficient (Wildman–Crippen LogP) is 5.31. The van der Waals surface area contributed by atoms with Crippen molar-refractivity contribution in [2.45, 2.75) is 12.8 Å². The molecule has 0 saturated carbocycles. The zero-order valence-corrected chi connectivity index (χ0v) is 22.7. The number of aryl methyl sites for hydroxylation is 1. The van der Waals surface area contributed by atoms with Gasteiger partial charge < -0.3 is 14.2 Å². The van der Waals surface area contributed by atoms with Crippen LogP contribution in [0.2, 0.25) is 0 Å². The smallest absolute Gasteiger partial charge is 0.319 e. The number of rotatable bonds is 3. The van der Waals surface area contributed by atoms with Crippen LogP contribution in [0.3, 0.4) is 0 Å². The second-order valence-electron chi connectivity index (χ2n) is 11.1. The van der Waals surface area contributed by atoms with Crippen LogP contribution in [-0.2, 0) is 14.4 Å². The van der Waals surface area contributed by atoms with Gasteiger partial charge in [-0.25, -0.2) is 4.90 Å². The second kappa shape index (κ2) is 8.99. The molecule has 43 heavy (non-hydrogen) atoms. The van der Waals surface area contributed by atoms with E-state index in [0.29, 0.717) is 39.5 Å². The van der Waals surface area contributed by atoms with Crippen LogP contribution in [0, 0.1) is 34.8 Å². The molecular weight excluding hydrogens is 552 g/mol. The maximum absolute atomic E-state index is 14.4. The van der Waals surface area contributed by atoms with Gasteiger partial charge >= 0.3 is 5.97 Å². The number of imide groups is 1. The summed E-state index contributed by atoms with van der Waals surface area (Å²) in [4.78, 5) is 54.5. The van der Waals surface area contributed by atoms with Crippen molar-refractivity contribution in [2.24, 2.45) is 17.8 Å². The largest absolute Gasteiger partial charge is 0.454 e. The van der Waals surface area contributed by atoms with Gasteiger partial charge in [-0.05, 0) is 52.6 Å². The topological polar surface area (TPSA) is 125 Å². The van der Waals surface area contributed by atoms with E-state index in [9.17, 15) is 24.5 Å². The monoisotopic (exact) mass is 574 g/mol. The Bertz CT molecular complexity index is 1980. The van der Waals surface area contributed by atoms with Crippen LogP contribution in [-0.4, -0.2) is 29.5 Å². The van der Waals surface area contributed by atoms with E-state index in [1.54, 1.807) is 25.1 Å². The van der Waals surface area contributed by atoms with Crippen LogP contribution in [0.4, 0.5) is 11.4 Å². The summed E-state index contributed by atoms with van der Waals surface area (Å²) in [6.45, 7) is 1.75. The molecule has 0 radical (unpaired) electrons. The molecule has 0 N–H and O–H groups in total. The second-order valence-corrected chi connectivity index (χ2v) is 11.1. The highest BCUT2D eigenvalue weighted by Gasteiger charge is 2.60. The van der Waals surface area contributed by atoms with Crippen LogP contribution < -0.4 is 19.1 Å². The summed E-state index contributed by atoms with van der Waals surface area (Å²) in [6, 6.07) is 20.8. The third kappa shape index (κ3) is 3.56. The fourth-order valence-electron chi connectivity index (χ4n) is 6.97. The third-order valence-corrected chi connectivity index (χ3v) is 8.91. The number of non-ortho nitro benzene ring substituents is 1. The average molecular weight is 575 g/mol. The fourth-order valence-corrected chi connectivity index (χ4v) is 6.97. The van der Waals surface area contributed by atoms with Gasteiger partial charge in [0.15, 0.2) is 11.5 Å². The van der Waals surface area contributed by atoms with Crippen LogP contribution >= 0.6 is 0 Å². The van der Waals surface area contributed by atoms with Crippen molar-refractivity contribution in [3.8, 4) is 17.2 Å². The molecule has 212 valence electrons. The summed E-state index contributed by atoms with van der Waals surface area (Å²) in [7, 11) is 0. The van der Waals surface area contributed by atoms with Gasteiger partial charge in [0.2, 0.25) is 18.6 Å². The Morgan fingerprint density at radius 2 is 1.63 bits per heavy atom. The Morgan fingerprint density at radius 1 is 0.860 bits per heavy atom. The molecule has 4 aromatic rings. The van der Waals surface area contributed by atoms with Gasteiger partial charge in [0.1, 0.15) is 5.75 Å². The van der Waals surface area contributed by atoms with Gasteiger partial charge in [-0.3, -0.25) is 24.5 Å². The fraction of sp³-hybridized carbons (Fsp3) is 0.182. The summed E-state index contributed by atoms with van der Waals surface area (Å²) < 4.78 is 17.0. The zero-order chi connectivity index (χ0) is 29.6. The molecule has 4 aromatic carbocycles. The minimum absolute atomic E-state index is 0.0706. The Labute approximate surface area is 244 Å². The molecule has 8 rings (SSSR count). The lowest BCUT2D eigenvalue weighted by molar-refractivity contribution is -0.384. The number of nitro benzene ring substituents is 1. The molecule has 1 aliphatic carbocycles. The highest BCUT2D eigenvalue weighted by atomic mass is 16.7. The van der Waals surface area contributed by atoms with Gasteiger partial charge in [0.05, 0.1) is 28.4 Å². The molecule has 1 fully saturated rings. The summed E-state index contributed by atoms with van der Waals surface area (Å²) in [5.74, 6) is -4.00. The number of anilines is 1. The van der Waals surface area contributed by atoms with Gasteiger partial charge in [0, 0.05) is 23.6 Å². The number of nitro groups is 1. The van der Waals surface area contributed by atoms with Gasteiger partial charge in [-0.2, -0.15) is 0 Å². The zero-order valence-electron chi connectivity index (χ0n) is 22.7. The summed E-state index contributed by atoms with van der Waals surface area (Å²) in [5.41, 5.74) is 2.42. The lowest BCUT2D eigenvalue weighted by Crippen LogP contribution is -2.42. The van der Waals surface area contributed by atoms with Crippen molar-refractivity contribution in [2.75, 3.05) is 11.7 Å². The van der Waals surface area contributed by atoms with E-state index in [2.05, 4.69) is 0 Å². The van der Waals surface area contributed by atoms with Crippen molar-refractivity contribution >= 4 is 45.5 Å². The molecular formula is C33H22N2O8. The number of hydrogen-bond donors (Lipinski definition) is 0. The molecule has 0 aromatic heterocycles. The van der Waals surface area contributed by atoms with E-state index < -0.39 is 46.4 Å². The molecule has 0 bridgehead atoms. The number of carbonyl (C=O) groups excluding carboxylic acids is 3. The molecule has 2 amide bonds. The van der Waals surface area contributed by atoms with Gasteiger partial charge in [-0.1, -0.05) is 48.5 Å². The Balaban J connectivity index is 1.36. The summed E-state index contributed by atoms with van der Waals surface area (Å²) >= 11 is 0. The molecule has 4 aliphatic rings. The quantitative estimate of drug-likeness (QED) is 0.106. The predicted molar refractivity (Wildman–Crippen MR) is 154 cm³/mol. The van der Waals surface area contributed by atoms with Gasteiger partial charge in [-0.15, -0.1) is 0 Å². The minimum atomic E-state index is -1.10. The molecule has 0 unspecified atom stereocenters. The van der Waals surface area contributed by atoms with Crippen molar-refractivity contribution in [1.82, 2.24) is 0 Å². The van der Waals surface area contributed by atoms with E-state index in [-0.39, 0.29) is 18.2 Å². The normalized spacial score (nSPS) is 23.4. The Kier molecular flexibility index (Phi) is 5.27. The number of hydrogen-bond acceptors (Lipinski definition) is 8. The van der Waals surface area contributed by atoms with Crippen LogP contribution in [0.15, 0.2) is 78.9 Å². The first-order valence-corrected chi connectivity index (χ1v) is 13.8. The first-order valence-electron chi connectivity index (χ1n) is 13.8. The summed E-state index contributed by atoms with van der Waals surface area (Å²) in [5, 5.41) is 13.4. The summed E-state index contributed by atoms with van der Waals surface area (Å²) in [6.07, 6.45) is 1.91. The number of fused-ring (bicyclic) bond motifs is 8. The van der Waals surface area contributed by atoms with E-state index in [0.717, 1.165) is 15.7 Å². The Hall–Kier alpha value is -5.51. The van der Waals surface area contributed by atoms with Crippen LogP contribution in [0.25, 0.3) is 16.3 Å². The SMILES string of the molecule is Cc1ccc([N+](=O)[O-])cc1N1C(=O)[C@@H]2[C@@H]3C(=O)Oc4ccc5ccccc5c4C3=C[C@H](c3ccc4c(c3)OCO4)[C@H]2C1=O. The number of amides is 2.